The van der Waals surface area contributed by atoms with E-state index < -0.39 is 5.54 Å². The fourth-order valence-electron chi connectivity index (χ4n) is 1.85. The summed E-state index contributed by atoms with van der Waals surface area (Å²) < 4.78 is 0. The molecule has 13 heavy (non-hydrogen) atoms. The van der Waals surface area contributed by atoms with E-state index in [2.05, 4.69) is 0 Å². The Labute approximate surface area is 83.0 Å². The van der Waals surface area contributed by atoms with E-state index in [1.165, 1.54) is 0 Å². The third-order valence-electron chi connectivity index (χ3n) is 2.97. The van der Waals surface area contributed by atoms with Crippen molar-refractivity contribution in [3.8, 4) is 0 Å². The molecular formula is C9H16N2OS. The van der Waals surface area contributed by atoms with Crippen molar-refractivity contribution in [2.75, 3.05) is 24.6 Å². The van der Waals surface area contributed by atoms with Crippen LogP contribution in [0.3, 0.4) is 0 Å². The van der Waals surface area contributed by atoms with Crippen LogP contribution in [0.5, 0.6) is 0 Å². The number of carbonyl (C=O) groups is 1. The number of amides is 1. The second kappa shape index (κ2) is 3.50. The molecule has 0 spiro atoms. The molecule has 2 fully saturated rings. The van der Waals surface area contributed by atoms with Crippen molar-refractivity contribution in [3.63, 3.8) is 0 Å². The lowest BCUT2D eigenvalue weighted by molar-refractivity contribution is -0.139. The predicted octanol–water partition coefficient (Wildman–Crippen LogP) is 0.443. The van der Waals surface area contributed by atoms with Gasteiger partial charge in [0.2, 0.25) is 5.91 Å². The Morgan fingerprint density at radius 2 is 1.92 bits per heavy atom. The van der Waals surface area contributed by atoms with Gasteiger partial charge in [0.1, 0.15) is 0 Å². The second-order valence-electron chi connectivity index (χ2n) is 3.91. The largest absolute Gasteiger partial charge is 0.339 e. The zero-order chi connectivity index (χ0) is 9.31. The minimum absolute atomic E-state index is 0.194. The maximum Gasteiger partial charge on any atom is 0.242 e. The maximum atomic E-state index is 11.9. The molecule has 0 aromatic heterocycles. The zero-order valence-corrected chi connectivity index (χ0v) is 8.61. The number of nitrogens with two attached hydrogens (primary N) is 1. The summed E-state index contributed by atoms with van der Waals surface area (Å²) in [5.74, 6) is 2.34. The molecule has 1 heterocycles. The molecule has 0 bridgehead atoms. The summed E-state index contributed by atoms with van der Waals surface area (Å²) in [5, 5.41) is 0. The summed E-state index contributed by atoms with van der Waals surface area (Å²) in [7, 11) is 0. The second-order valence-corrected chi connectivity index (χ2v) is 5.14. The van der Waals surface area contributed by atoms with Crippen LogP contribution in [0.15, 0.2) is 0 Å². The molecule has 74 valence electrons. The fraction of sp³-hybridized carbons (Fsp3) is 0.889. The molecule has 0 aromatic carbocycles. The summed E-state index contributed by atoms with van der Waals surface area (Å²) in [6.45, 7) is 1.78. The monoisotopic (exact) mass is 200 g/mol. The van der Waals surface area contributed by atoms with Crippen LogP contribution >= 0.6 is 11.8 Å². The van der Waals surface area contributed by atoms with Crippen molar-refractivity contribution < 1.29 is 4.79 Å². The first kappa shape index (κ1) is 9.34. The SMILES string of the molecule is NC1(C(=O)N2CCSCC2)CCC1. The van der Waals surface area contributed by atoms with Crippen LogP contribution < -0.4 is 5.73 Å². The first-order chi connectivity index (χ1) is 6.22. The molecule has 2 rings (SSSR count). The molecule has 0 aromatic rings. The number of carbonyl (C=O) groups excluding carboxylic acids is 1. The molecule has 3 nitrogen and oxygen atoms in total. The minimum Gasteiger partial charge on any atom is -0.339 e. The molecular weight excluding hydrogens is 184 g/mol. The Kier molecular flexibility index (Phi) is 2.51. The van der Waals surface area contributed by atoms with Gasteiger partial charge in [-0.1, -0.05) is 0 Å². The van der Waals surface area contributed by atoms with Gasteiger partial charge in [-0.2, -0.15) is 11.8 Å². The molecule has 1 saturated heterocycles. The van der Waals surface area contributed by atoms with Crippen LogP contribution in [-0.2, 0) is 4.79 Å². The molecule has 2 N–H and O–H groups in total. The van der Waals surface area contributed by atoms with Crippen molar-refractivity contribution in [1.82, 2.24) is 4.90 Å². The topological polar surface area (TPSA) is 46.3 Å². The van der Waals surface area contributed by atoms with E-state index >= 15 is 0 Å². The lowest BCUT2D eigenvalue weighted by atomic mass is 9.76. The van der Waals surface area contributed by atoms with Gasteiger partial charge >= 0.3 is 0 Å². The molecule has 0 unspecified atom stereocenters. The quantitative estimate of drug-likeness (QED) is 0.668. The van der Waals surface area contributed by atoms with Crippen LogP contribution in [0.4, 0.5) is 0 Å². The Morgan fingerprint density at radius 3 is 2.38 bits per heavy atom. The van der Waals surface area contributed by atoms with Crippen molar-refractivity contribution >= 4 is 17.7 Å². The van der Waals surface area contributed by atoms with Crippen LogP contribution in [0.25, 0.3) is 0 Å². The molecule has 1 aliphatic carbocycles. The van der Waals surface area contributed by atoms with Crippen molar-refractivity contribution in [2.24, 2.45) is 5.73 Å². The normalized spacial score (nSPS) is 26.7. The van der Waals surface area contributed by atoms with Gasteiger partial charge in [0.15, 0.2) is 0 Å². The Hall–Kier alpha value is -0.220. The van der Waals surface area contributed by atoms with Gasteiger partial charge in [-0.05, 0) is 19.3 Å². The summed E-state index contributed by atoms with van der Waals surface area (Å²) >= 11 is 1.92. The molecule has 1 amide bonds. The van der Waals surface area contributed by atoms with Gasteiger partial charge in [0.25, 0.3) is 0 Å². The van der Waals surface area contributed by atoms with Gasteiger partial charge < -0.3 is 10.6 Å². The minimum atomic E-state index is -0.484. The average Bonchev–Trinajstić information content (AvgIpc) is 2.14. The van der Waals surface area contributed by atoms with Gasteiger partial charge in [0.05, 0.1) is 5.54 Å². The molecule has 1 saturated carbocycles. The van der Waals surface area contributed by atoms with Gasteiger partial charge in [-0.25, -0.2) is 0 Å². The molecule has 1 aliphatic heterocycles. The standard InChI is InChI=1S/C9H16N2OS/c10-9(2-1-3-9)8(12)11-4-6-13-7-5-11/h1-7,10H2. The Balaban J connectivity index is 1.95. The van der Waals surface area contributed by atoms with Gasteiger partial charge in [-0.3, -0.25) is 4.79 Å². The van der Waals surface area contributed by atoms with E-state index in [0.29, 0.717) is 0 Å². The highest BCUT2D eigenvalue weighted by Crippen LogP contribution is 2.31. The van der Waals surface area contributed by atoms with Gasteiger partial charge in [-0.15, -0.1) is 0 Å². The summed E-state index contributed by atoms with van der Waals surface area (Å²) in [4.78, 5) is 13.8. The van der Waals surface area contributed by atoms with Crippen molar-refractivity contribution in [3.05, 3.63) is 0 Å². The average molecular weight is 200 g/mol. The lowest BCUT2D eigenvalue weighted by Gasteiger charge is -2.41. The first-order valence-electron chi connectivity index (χ1n) is 4.88. The number of hydrogen-bond donors (Lipinski definition) is 1. The lowest BCUT2D eigenvalue weighted by Crippen LogP contribution is -2.60. The summed E-state index contributed by atoms with van der Waals surface area (Å²) in [6, 6.07) is 0. The van der Waals surface area contributed by atoms with E-state index in [1.54, 1.807) is 0 Å². The van der Waals surface area contributed by atoms with Crippen molar-refractivity contribution in [2.45, 2.75) is 24.8 Å². The Morgan fingerprint density at radius 1 is 1.31 bits per heavy atom. The highest BCUT2D eigenvalue weighted by molar-refractivity contribution is 7.99. The number of rotatable bonds is 1. The number of nitrogens with zero attached hydrogens (tertiary/aromatic N) is 1. The van der Waals surface area contributed by atoms with Crippen LogP contribution in [-0.4, -0.2) is 40.9 Å². The first-order valence-corrected chi connectivity index (χ1v) is 6.04. The summed E-state index contributed by atoms with van der Waals surface area (Å²) in [5.41, 5.74) is 5.50. The van der Waals surface area contributed by atoms with Crippen molar-refractivity contribution in [1.29, 1.82) is 0 Å². The van der Waals surface area contributed by atoms with Crippen LogP contribution in [0, 0.1) is 0 Å². The highest BCUT2D eigenvalue weighted by Gasteiger charge is 2.42. The number of hydrogen-bond acceptors (Lipinski definition) is 3. The predicted molar refractivity (Wildman–Crippen MR) is 54.7 cm³/mol. The zero-order valence-electron chi connectivity index (χ0n) is 7.79. The van der Waals surface area contributed by atoms with E-state index in [9.17, 15) is 4.79 Å². The molecule has 2 aliphatic rings. The third-order valence-corrected chi connectivity index (χ3v) is 3.91. The number of thioether (sulfide) groups is 1. The van der Waals surface area contributed by atoms with Crippen LogP contribution in [0.2, 0.25) is 0 Å². The van der Waals surface area contributed by atoms with E-state index in [4.69, 9.17) is 5.73 Å². The fourth-order valence-corrected chi connectivity index (χ4v) is 2.76. The maximum absolute atomic E-state index is 11.9. The van der Waals surface area contributed by atoms with E-state index in [0.717, 1.165) is 43.9 Å². The van der Waals surface area contributed by atoms with E-state index in [1.807, 2.05) is 16.7 Å². The highest BCUT2D eigenvalue weighted by atomic mass is 32.2. The third kappa shape index (κ3) is 1.70. The smallest absolute Gasteiger partial charge is 0.242 e. The van der Waals surface area contributed by atoms with Crippen LogP contribution in [0.1, 0.15) is 19.3 Å². The molecule has 0 atom stereocenters. The van der Waals surface area contributed by atoms with E-state index in [-0.39, 0.29) is 5.91 Å². The Bertz CT molecular complexity index is 210. The van der Waals surface area contributed by atoms with Gasteiger partial charge in [0, 0.05) is 24.6 Å². The molecule has 4 heteroatoms. The molecule has 0 radical (unpaired) electrons. The summed E-state index contributed by atoms with van der Waals surface area (Å²) in [6.07, 6.45) is 2.88.